The number of hydrogen-bond acceptors (Lipinski definition) is 4. The summed E-state index contributed by atoms with van der Waals surface area (Å²) in [5, 5.41) is 16.4. The molecule has 2 N–H and O–H groups in total. The summed E-state index contributed by atoms with van der Waals surface area (Å²) in [7, 11) is 0. The number of H-pyrrole nitrogens is 1. The van der Waals surface area contributed by atoms with Crippen LogP contribution in [0.5, 0.6) is 0 Å². The lowest BCUT2D eigenvalue weighted by Gasteiger charge is -2.32. The third kappa shape index (κ3) is 3.84. The predicted octanol–water partition coefficient (Wildman–Crippen LogP) is 2.99. The summed E-state index contributed by atoms with van der Waals surface area (Å²) >= 11 is 12.0. The van der Waals surface area contributed by atoms with Crippen LogP contribution in [0, 0.1) is 0 Å². The van der Waals surface area contributed by atoms with E-state index >= 15 is 0 Å². The van der Waals surface area contributed by atoms with E-state index in [0.29, 0.717) is 29.7 Å². The van der Waals surface area contributed by atoms with Crippen LogP contribution in [0.25, 0.3) is 0 Å². The quantitative estimate of drug-likeness (QED) is 0.881. The van der Waals surface area contributed by atoms with Crippen LogP contribution in [0.3, 0.4) is 0 Å². The van der Waals surface area contributed by atoms with E-state index in [-0.39, 0.29) is 11.8 Å². The molecule has 1 unspecified atom stereocenters. The number of aromatic carboxylic acids is 1. The Morgan fingerprint density at radius 1 is 1.39 bits per heavy atom. The van der Waals surface area contributed by atoms with Gasteiger partial charge in [-0.3, -0.25) is 10.00 Å². The van der Waals surface area contributed by atoms with Crippen LogP contribution >= 0.6 is 23.2 Å². The Labute approximate surface area is 143 Å². The number of rotatable bonds is 4. The molecule has 0 amide bonds. The molecule has 2 aromatic rings. The monoisotopic (exact) mass is 355 g/mol. The molecule has 1 atom stereocenters. The normalized spacial score (nSPS) is 19.0. The number of carboxylic acid groups (broad SMARTS) is 1. The molecule has 0 saturated carbocycles. The lowest BCUT2D eigenvalue weighted by atomic mass is 10.1. The van der Waals surface area contributed by atoms with Gasteiger partial charge in [-0.15, -0.1) is 0 Å². The highest BCUT2D eigenvalue weighted by Crippen LogP contribution is 2.29. The second-order valence-corrected chi connectivity index (χ2v) is 6.17. The minimum Gasteiger partial charge on any atom is -0.476 e. The van der Waals surface area contributed by atoms with Crippen molar-refractivity contribution in [3.05, 3.63) is 51.3 Å². The van der Waals surface area contributed by atoms with Gasteiger partial charge >= 0.3 is 5.97 Å². The summed E-state index contributed by atoms with van der Waals surface area (Å²) in [5.74, 6) is -1.04. The van der Waals surface area contributed by atoms with Gasteiger partial charge in [-0.05, 0) is 23.8 Å². The molecule has 1 aliphatic heterocycles. The molecular formula is C15H15Cl2N3O3. The summed E-state index contributed by atoms with van der Waals surface area (Å²) < 4.78 is 5.81. The Kier molecular flexibility index (Phi) is 4.87. The molecule has 1 fully saturated rings. The molecule has 1 saturated heterocycles. The number of aromatic nitrogens is 2. The lowest BCUT2D eigenvalue weighted by Crippen LogP contribution is -2.37. The molecule has 3 rings (SSSR count). The number of carbonyl (C=O) groups is 1. The van der Waals surface area contributed by atoms with Crippen molar-refractivity contribution in [1.29, 1.82) is 0 Å². The van der Waals surface area contributed by atoms with Crippen molar-refractivity contribution in [3.63, 3.8) is 0 Å². The van der Waals surface area contributed by atoms with Crippen LogP contribution in [0.15, 0.2) is 24.3 Å². The first-order valence-corrected chi connectivity index (χ1v) is 7.85. The second-order valence-electron chi connectivity index (χ2n) is 5.35. The number of carboxylic acids is 1. The van der Waals surface area contributed by atoms with Gasteiger partial charge in [0.1, 0.15) is 0 Å². The molecule has 0 radical (unpaired) electrons. The van der Waals surface area contributed by atoms with E-state index in [1.54, 1.807) is 12.1 Å². The molecule has 1 aromatic carbocycles. The SMILES string of the molecule is O=C(O)c1cc(CN2CCOC(c3ccc(Cl)c(Cl)c3)C2)[nH]n1. The van der Waals surface area contributed by atoms with Crippen molar-refractivity contribution in [2.75, 3.05) is 19.7 Å². The maximum absolute atomic E-state index is 10.9. The number of nitrogens with zero attached hydrogens (tertiary/aromatic N) is 2. The average Bonchev–Trinajstić information content (AvgIpc) is 2.99. The number of nitrogens with one attached hydrogen (secondary N) is 1. The Morgan fingerprint density at radius 2 is 2.22 bits per heavy atom. The third-order valence-electron chi connectivity index (χ3n) is 3.71. The molecule has 0 aliphatic carbocycles. The van der Waals surface area contributed by atoms with Gasteiger partial charge < -0.3 is 9.84 Å². The zero-order valence-electron chi connectivity index (χ0n) is 12.1. The fraction of sp³-hybridized carbons (Fsp3) is 0.333. The van der Waals surface area contributed by atoms with Crippen LogP contribution in [0.1, 0.15) is 27.8 Å². The van der Waals surface area contributed by atoms with Crippen molar-refractivity contribution in [3.8, 4) is 0 Å². The van der Waals surface area contributed by atoms with E-state index < -0.39 is 5.97 Å². The number of morpholine rings is 1. The van der Waals surface area contributed by atoms with E-state index in [2.05, 4.69) is 15.1 Å². The van der Waals surface area contributed by atoms with Crippen molar-refractivity contribution in [2.45, 2.75) is 12.6 Å². The minimum atomic E-state index is -1.04. The largest absolute Gasteiger partial charge is 0.476 e. The molecule has 122 valence electrons. The molecule has 0 spiro atoms. The van der Waals surface area contributed by atoms with Crippen LogP contribution in [-0.2, 0) is 11.3 Å². The number of benzene rings is 1. The molecule has 1 aromatic heterocycles. The summed E-state index contributed by atoms with van der Waals surface area (Å²) in [5.41, 5.74) is 1.76. The predicted molar refractivity (Wildman–Crippen MR) is 86.0 cm³/mol. The van der Waals surface area contributed by atoms with Gasteiger partial charge in [0.05, 0.1) is 28.5 Å². The standard InChI is InChI=1S/C15H15Cl2N3O3/c16-11-2-1-9(5-12(11)17)14-8-20(3-4-23-14)7-10-6-13(15(21)22)19-18-10/h1-2,5-6,14H,3-4,7-8H2,(H,18,19)(H,21,22). The summed E-state index contributed by atoms with van der Waals surface area (Å²) in [6.45, 7) is 2.62. The van der Waals surface area contributed by atoms with Gasteiger partial charge in [0, 0.05) is 19.6 Å². The number of hydrogen-bond donors (Lipinski definition) is 2. The zero-order valence-corrected chi connectivity index (χ0v) is 13.6. The van der Waals surface area contributed by atoms with E-state index in [1.165, 1.54) is 0 Å². The van der Waals surface area contributed by atoms with E-state index in [4.69, 9.17) is 33.0 Å². The maximum atomic E-state index is 10.9. The number of halogens is 2. The highest BCUT2D eigenvalue weighted by Gasteiger charge is 2.23. The van der Waals surface area contributed by atoms with Gasteiger partial charge in [-0.1, -0.05) is 29.3 Å². The van der Waals surface area contributed by atoms with E-state index in [9.17, 15) is 4.79 Å². The fourth-order valence-electron chi connectivity index (χ4n) is 2.55. The average molecular weight is 356 g/mol. The first kappa shape index (κ1) is 16.3. The summed E-state index contributed by atoms with van der Waals surface area (Å²) in [6.07, 6.45) is -0.0969. The topological polar surface area (TPSA) is 78.5 Å². The number of ether oxygens (including phenoxy) is 1. The van der Waals surface area contributed by atoms with E-state index in [1.807, 2.05) is 12.1 Å². The molecular weight excluding hydrogens is 341 g/mol. The fourth-order valence-corrected chi connectivity index (χ4v) is 2.86. The minimum absolute atomic E-state index is 0.0225. The molecule has 0 bridgehead atoms. The van der Waals surface area contributed by atoms with Gasteiger partial charge in [0.25, 0.3) is 0 Å². The van der Waals surface area contributed by atoms with Gasteiger partial charge in [-0.25, -0.2) is 4.79 Å². The third-order valence-corrected chi connectivity index (χ3v) is 4.45. The molecule has 6 nitrogen and oxygen atoms in total. The van der Waals surface area contributed by atoms with Crippen molar-refractivity contribution in [2.24, 2.45) is 0 Å². The summed E-state index contributed by atoms with van der Waals surface area (Å²) in [4.78, 5) is 13.0. The van der Waals surface area contributed by atoms with Gasteiger partial charge in [-0.2, -0.15) is 5.10 Å². The van der Waals surface area contributed by atoms with Crippen molar-refractivity contribution in [1.82, 2.24) is 15.1 Å². The highest BCUT2D eigenvalue weighted by atomic mass is 35.5. The highest BCUT2D eigenvalue weighted by molar-refractivity contribution is 6.42. The molecule has 1 aliphatic rings. The first-order chi connectivity index (χ1) is 11.0. The zero-order chi connectivity index (χ0) is 16.4. The second kappa shape index (κ2) is 6.88. The van der Waals surface area contributed by atoms with Crippen LogP contribution < -0.4 is 0 Å². The molecule has 8 heteroatoms. The van der Waals surface area contributed by atoms with Gasteiger partial charge in [0.15, 0.2) is 5.69 Å². The van der Waals surface area contributed by atoms with Crippen molar-refractivity contribution < 1.29 is 14.6 Å². The molecule has 23 heavy (non-hydrogen) atoms. The molecule has 2 heterocycles. The maximum Gasteiger partial charge on any atom is 0.356 e. The lowest BCUT2D eigenvalue weighted by molar-refractivity contribution is -0.0332. The Hall–Kier alpha value is -1.60. The van der Waals surface area contributed by atoms with E-state index in [0.717, 1.165) is 17.8 Å². The van der Waals surface area contributed by atoms with Crippen molar-refractivity contribution >= 4 is 29.2 Å². The summed E-state index contributed by atoms with van der Waals surface area (Å²) in [6, 6.07) is 7.03. The first-order valence-electron chi connectivity index (χ1n) is 7.09. The van der Waals surface area contributed by atoms with Crippen LogP contribution in [0.4, 0.5) is 0 Å². The smallest absolute Gasteiger partial charge is 0.356 e. The van der Waals surface area contributed by atoms with Gasteiger partial charge in [0.2, 0.25) is 0 Å². The number of aromatic amines is 1. The Morgan fingerprint density at radius 3 is 2.91 bits per heavy atom. The van der Waals surface area contributed by atoms with Crippen LogP contribution in [-0.4, -0.2) is 45.9 Å². The Balaban J connectivity index is 1.67. The van der Waals surface area contributed by atoms with Crippen LogP contribution in [0.2, 0.25) is 10.0 Å². The Bertz CT molecular complexity index is 720.